The van der Waals surface area contributed by atoms with Gasteiger partial charge in [-0.3, -0.25) is 10.1 Å². The summed E-state index contributed by atoms with van der Waals surface area (Å²) in [4.78, 5) is 12.4. The lowest BCUT2D eigenvalue weighted by atomic mass is 10.2. The number of nitro benzene ring substituents is 1. The fraction of sp³-hybridized carbons (Fsp3) is 0.455. The SMILES string of the molecule is Cc1ccc([N+](=O)[O-])c(N2CC[C@@H](O)C2)c1. The summed E-state index contributed by atoms with van der Waals surface area (Å²) in [7, 11) is 0. The predicted octanol–water partition coefficient (Wildman–Crippen LogP) is 1.47. The Bertz CT molecular complexity index is 420. The number of anilines is 1. The second kappa shape index (κ2) is 4.09. The van der Waals surface area contributed by atoms with E-state index in [1.54, 1.807) is 12.1 Å². The average Bonchev–Trinajstić information content (AvgIpc) is 2.64. The monoisotopic (exact) mass is 222 g/mol. The number of hydrogen-bond acceptors (Lipinski definition) is 4. The van der Waals surface area contributed by atoms with Crippen LogP contribution in [-0.4, -0.2) is 29.2 Å². The van der Waals surface area contributed by atoms with Gasteiger partial charge in [0.1, 0.15) is 5.69 Å². The summed E-state index contributed by atoms with van der Waals surface area (Å²) in [5.41, 5.74) is 1.71. The molecule has 5 heteroatoms. The van der Waals surface area contributed by atoms with Gasteiger partial charge in [-0.05, 0) is 25.0 Å². The molecule has 0 spiro atoms. The number of aliphatic hydroxyl groups excluding tert-OH is 1. The number of rotatable bonds is 2. The fourth-order valence-electron chi connectivity index (χ4n) is 2.00. The summed E-state index contributed by atoms with van der Waals surface area (Å²) >= 11 is 0. The smallest absolute Gasteiger partial charge is 0.292 e. The van der Waals surface area contributed by atoms with Crippen LogP contribution in [0, 0.1) is 17.0 Å². The van der Waals surface area contributed by atoms with E-state index in [2.05, 4.69) is 0 Å². The van der Waals surface area contributed by atoms with Crippen molar-refractivity contribution >= 4 is 11.4 Å². The zero-order chi connectivity index (χ0) is 11.7. The molecule has 1 atom stereocenters. The molecule has 1 N–H and O–H groups in total. The largest absolute Gasteiger partial charge is 0.391 e. The minimum Gasteiger partial charge on any atom is -0.391 e. The highest BCUT2D eigenvalue weighted by atomic mass is 16.6. The van der Waals surface area contributed by atoms with Gasteiger partial charge in [0.2, 0.25) is 0 Å². The minimum atomic E-state index is -0.376. The molecule has 1 aliphatic rings. The van der Waals surface area contributed by atoms with Crippen molar-refractivity contribution in [3.05, 3.63) is 33.9 Å². The van der Waals surface area contributed by atoms with Crippen molar-refractivity contribution in [1.82, 2.24) is 0 Å². The van der Waals surface area contributed by atoms with Crippen LogP contribution in [0.3, 0.4) is 0 Å². The summed E-state index contributed by atoms with van der Waals surface area (Å²) in [6.45, 7) is 3.05. The highest BCUT2D eigenvalue weighted by Crippen LogP contribution is 2.31. The lowest BCUT2D eigenvalue weighted by molar-refractivity contribution is -0.384. The molecular weight excluding hydrogens is 208 g/mol. The molecule has 1 aromatic rings. The molecule has 2 rings (SSSR count). The van der Waals surface area contributed by atoms with Crippen molar-refractivity contribution in [2.75, 3.05) is 18.0 Å². The molecule has 0 aliphatic carbocycles. The van der Waals surface area contributed by atoms with Gasteiger partial charge >= 0.3 is 0 Å². The van der Waals surface area contributed by atoms with Crippen molar-refractivity contribution < 1.29 is 10.0 Å². The Morgan fingerprint density at radius 3 is 2.88 bits per heavy atom. The van der Waals surface area contributed by atoms with Crippen molar-refractivity contribution in [3.63, 3.8) is 0 Å². The predicted molar refractivity (Wildman–Crippen MR) is 60.7 cm³/mol. The van der Waals surface area contributed by atoms with Gasteiger partial charge in [-0.2, -0.15) is 0 Å². The number of benzene rings is 1. The third kappa shape index (κ3) is 1.99. The second-order valence-electron chi connectivity index (χ2n) is 4.14. The molecule has 1 aliphatic heterocycles. The van der Waals surface area contributed by atoms with Crippen LogP contribution >= 0.6 is 0 Å². The molecule has 0 amide bonds. The first kappa shape index (κ1) is 10.9. The Labute approximate surface area is 93.5 Å². The van der Waals surface area contributed by atoms with Crippen LogP contribution in [0.1, 0.15) is 12.0 Å². The molecule has 0 unspecified atom stereocenters. The van der Waals surface area contributed by atoms with Gasteiger partial charge in [0.05, 0.1) is 11.0 Å². The second-order valence-corrected chi connectivity index (χ2v) is 4.14. The Hall–Kier alpha value is -1.62. The first-order valence-corrected chi connectivity index (χ1v) is 5.26. The number of nitro groups is 1. The molecule has 86 valence electrons. The maximum Gasteiger partial charge on any atom is 0.292 e. The van der Waals surface area contributed by atoms with Gasteiger partial charge in [-0.15, -0.1) is 0 Å². The summed E-state index contributed by atoms with van der Waals surface area (Å²) in [6, 6.07) is 5.06. The van der Waals surface area contributed by atoms with Crippen LogP contribution in [-0.2, 0) is 0 Å². The molecule has 5 nitrogen and oxygen atoms in total. The first-order valence-electron chi connectivity index (χ1n) is 5.26. The van der Waals surface area contributed by atoms with E-state index in [1.807, 2.05) is 11.8 Å². The molecule has 0 radical (unpaired) electrons. The lowest BCUT2D eigenvalue weighted by Crippen LogP contribution is -2.22. The van der Waals surface area contributed by atoms with Gasteiger partial charge < -0.3 is 10.0 Å². The standard InChI is InChI=1S/C11H14N2O3/c1-8-2-3-10(13(15)16)11(6-8)12-5-4-9(14)7-12/h2-3,6,9,14H,4-5,7H2,1H3/t9-/m1/s1. The van der Waals surface area contributed by atoms with Gasteiger partial charge in [-0.25, -0.2) is 0 Å². The van der Waals surface area contributed by atoms with Crippen LogP contribution in [0.4, 0.5) is 11.4 Å². The van der Waals surface area contributed by atoms with Crippen molar-refractivity contribution in [3.8, 4) is 0 Å². The molecule has 0 saturated carbocycles. The third-order valence-electron chi connectivity index (χ3n) is 2.83. The number of aryl methyl sites for hydroxylation is 1. The Morgan fingerprint density at radius 2 is 2.31 bits per heavy atom. The number of hydrogen-bond donors (Lipinski definition) is 1. The highest BCUT2D eigenvalue weighted by Gasteiger charge is 2.26. The van der Waals surface area contributed by atoms with Crippen LogP contribution in [0.15, 0.2) is 18.2 Å². The maximum atomic E-state index is 10.9. The average molecular weight is 222 g/mol. The van der Waals surface area contributed by atoms with Crippen LogP contribution in [0.2, 0.25) is 0 Å². The number of β-amino-alcohol motifs (C(OH)–C–C–N with tert-alkyl or cyclic N) is 1. The molecule has 1 fully saturated rings. The van der Waals surface area contributed by atoms with Gasteiger partial charge in [-0.1, -0.05) is 6.07 Å². The van der Waals surface area contributed by atoms with Gasteiger partial charge in [0.15, 0.2) is 0 Å². The van der Waals surface area contributed by atoms with Gasteiger partial charge in [0.25, 0.3) is 5.69 Å². The number of nitrogens with zero attached hydrogens (tertiary/aromatic N) is 2. The molecular formula is C11H14N2O3. The molecule has 16 heavy (non-hydrogen) atoms. The molecule has 0 bridgehead atoms. The van der Waals surface area contributed by atoms with E-state index in [0.29, 0.717) is 25.2 Å². The summed E-state index contributed by atoms with van der Waals surface area (Å²) < 4.78 is 0. The minimum absolute atomic E-state index is 0.111. The van der Waals surface area contributed by atoms with E-state index in [1.165, 1.54) is 6.07 Å². The number of aliphatic hydroxyl groups is 1. The van der Waals surface area contributed by atoms with Crippen molar-refractivity contribution in [2.24, 2.45) is 0 Å². The normalized spacial score (nSPS) is 20.1. The third-order valence-corrected chi connectivity index (χ3v) is 2.83. The van der Waals surface area contributed by atoms with Crippen LogP contribution < -0.4 is 4.90 Å². The van der Waals surface area contributed by atoms with E-state index in [9.17, 15) is 15.2 Å². The van der Waals surface area contributed by atoms with Crippen molar-refractivity contribution in [2.45, 2.75) is 19.4 Å². The van der Waals surface area contributed by atoms with E-state index < -0.39 is 0 Å². The molecule has 1 saturated heterocycles. The molecule has 1 heterocycles. The van der Waals surface area contributed by atoms with E-state index in [-0.39, 0.29) is 16.7 Å². The van der Waals surface area contributed by atoms with Gasteiger partial charge in [0, 0.05) is 19.2 Å². The first-order chi connectivity index (χ1) is 7.58. The lowest BCUT2D eigenvalue weighted by Gasteiger charge is -2.18. The Morgan fingerprint density at radius 1 is 1.56 bits per heavy atom. The quantitative estimate of drug-likeness (QED) is 0.608. The van der Waals surface area contributed by atoms with E-state index in [0.717, 1.165) is 5.56 Å². The summed E-state index contributed by atoms with van der Waals surface area (Å²) in [5, 5.41) is 20.3. The fourth-order valence-corrected chi connectivity index (χ4v) is 2.00. The van der Waals surface area contributed by atoms with E-state index in [4.69, 9.17) is 0 Å². The summed E-state index contributed by atoms with van der Waals surface area (Å²) in [5.74, 6) is 0. The topological polar surface area (TPSA) is 66.6 Å². The van der Waals surface area contributed by atoms with Crippen LogP contribution in [0.25, 0.3) is 0 Å². The Balaban J connectivity index is 2.37. The molecule has 1 aromatic carbocycles. The Kier molecular flexibility index (Phi) is 2.78. The van der Waals surface area contributed by atoms with Crippen LogP contribution in [0.5, 0.6) is 0 Å². The maximum absolute atomic E-state index is 10.9. The highest BCUT2D eigenvalue weighted by molar-refractivity contribution is 5.65. The zero-order valence-corrected chi connectivity index (χ0v) is 9.09. The van der Waals surface area contributed by atoms with E-state index >= 15 is 0 Å². The van der Waals surface area contributed by atoms with Crippen molar-refractivity contribution in [1.29, 1.82) is 0 Å². The molecule has 0 aromatic heterocycles. The summed E-state index contributed by atoms with van der Waals surface area (Å²) in [6.07, 6.45) is 0.297. The zero-order valence-electron chi connectivity index (χ0n) is 9.09.